The zero-order valence-electron chi connectivity index (χ0n) is 11.6. The van der Waals surface area contributed by atoms with Gasteiger partial charge in [-0.15, -0.1) is 0 Å². The van der Waals surface area contributed by atoms with E-state index in [1.807, 2.05) is 12.1 Å². The minimum absolute atomic E-state index is 0.0849. The molecule has 0 aliphatic heterocycles. The first-order valence-corrected chi connectivity index (χ1v) is 7.62. The van der Waals surface area contributed by atoms with Crippen LogP contribution in [0.4, 0.5) is 5.82 Å². The van der Waals surface area contributed by atoms with Gasteiger partial charge in [0.1, 0.15) is 5.82 Å². The third kappa shape index (κ3) is 3.31. The predicted octanol–water partition coefficient (Wildman–Crippen LogP) is 2.90. The number of hydrogen-bond donors (Lipinski definition) is 2. The van der Waals surface area contributed by atoms with Gasteiger partial charge >= 0.3 is 0 Å². The lowest BCUT2D eigenvalue weighted by molar-refractivity contribution is 0.0941. The maximum Gasteiger partial charge on any atom is 0.289 e. The molecular formula is C15H14Cl2N4O. The van der Waals surface area contributed by atoms with Crippen molar-refractivity contribution in [3.05, 3.63) is 51.9 Å². The number of hydrogen-bond acceptors (Lipinski definition) is 4. The maximum atomic E-state index is 11.9. The van der Waals surface area contributed by atoms with Gasteiger partial charge in [0.05, 0.1) is 0 Å². The standard InChI is InChI=1S/C15H14Cl2N4O/c16-9-1-2-10(12(17)6-9)11-5-8(11)7-20-15(22)14-19-4-3-13(18)21-14/h1-4,6,8,11H,5,7H2,(H,20,22)(H2,18,19,21)/t8-,11+/m0/s1. The van der Waals surface area contributed by atoms with Crippen molar-refractivity contribution >= 4 is 34.9 Å². The summed E-state index contributed by atoms with van der Waals surface area (Å²) in [6, 6.07) is 7.05. The van der Waals surface area contributed by atoms with Gasteiger partial charge in [-0.3, -0.25) is 4.79 Å². The molecule has 1 aromatic heterocycles. The van der Waals surface area contributed by atoms with Gasteiger partial charge < -0.3 is 11.1 Å². The van der Waals surface area contributed by atoms with Crippen LogP contribution in [0.25, 0.3) is 0 Å². The molecule has 114 valence electrons. The second kappa shape index (κ2) is 6.10. The topological polar surface area (TPSA) is 80.9 Å². The summed E-state index contributed by atoms with van der Waals surface area (Å²) in [5.41, 5.74) is 6.61. The molecule has 0 unspecified atom stereocenters. The predicted molar refractivity (Wildman–Crippen MR) is 86.1 cm³/mol. The lowest BCUT2D eigenvalue weighted by Gasteiger charge is -2.06. The Bertz CT molecular complexity index is 722. The third-order valence-corrected chi connectivity index (χ3v) is 4.25. The van der Waals surface area contributed by atoms with Crippen LogP contribution in [0.2, 0.25) is 10.0 Å². The number of halogens is 2. The molecule has 0 saturated heterocycles. The highest BCUT2D eigenvalue weighted by molar-refractivity contribution is 6.35. The van der Waals surface area contributed by atoms with Gasteiger partial charge in [0.15, 0.2) is 0 Å². The fourth-order valence-electron chi connectivity index (χ4n) is 2.44. The number of rotatable bonds is 4. The van der Waals surface area contributed by atoms with Gasteiger partial charge in [-0.05, 0) is 42.0 Å². The highest BCUT2D eigenvalue weighted by atomic mass is 35.5. The Balaban J connectivity index is 1.57. The third-order valence-electron chi connectivity index (χ3n) is 3.69. The second-order valence-corrected chi connectivity index (χ2v) is 6.13. The Kier molecular flexibility index (Phi) is 4.18. The Hall–Kier alpha value is -1.85. The van der Waals surface area contributed by atoms with E-state index in [-0.39, 0.29) is 17.5 Å². The smallest absolute Gasteiger partial charge is 0.289 e. The first-order chi connectivity index (χ1) is 10.5. The lowest BCUT2D eigenvalue weighted by atomic mass is 10.1. The lowest BCUT2D eigenvalue weighted by Crippen LogP contribution is -2.27. The van der Waals surface area contributed by atoms with Crippen LogP contribution in [-0.4, -0.2) is 22.4 Å². The van der Waals surface area contributed by atoms with Crippen LogP contribution in [0.5, 0.6) is 0 Å². The number of carbonyl (C=O) groups is 1. The molecule has 3 rings (SSSR count). The van der Waals surface area contributed by atoms with E-state index < -0.39 is 0 Å². The number of amides is 1. The fraction of sp³-hybridized carbons (Fsp3) is 0.267. The molecule has 2 aromatic rings. The SMILES string of the molecule is Nc1ccnc(C(=O)NC[C@@H]2C[C@H]2c2ccc(Cl)cc2Cl)n1. The first kappa shape index (κ1) is 15.1. The van der Waals surface area contributed by atoms with Crippen LogP contribution >= 0.6 is 23.2 Å². The summed E-state index contributed by atoms with van der Waals surface area (Å²) < 4.78 is 0. The van der Waals surface area contributed by atoms with Crippen LogP contribution in [0.15, 0.2) is 30.5 Å². The number of benzene rings is 1. The number of nitrogen functional groups attached to an aromatic ring is 1. The van der Waals surface area contributed by atoms with Crippen molar-refractivity contribution in [1.82, 2.24) is 15.3 Å². The minimum atomic E-state index is -0.319. The van der Waals surface area contributed by atoms with Gasteiger partial charge in [-0.1, -0.05) is 29.3 Å². The highest BCUT2D eigenvalue weighted by Crippen LogP contribution is 2.49. The van der Waals surface area contributed by atoms with E-state index >= 15 is 0 Å². The summed E-state index contributed by atoms with van der Waals surface area (Å²) in [6.45, 7) is 0.556. The molecule has 1 saturated carbocycles. The van der Waals surface area contributed by atoms with Crippen molar-refractivity contribution in [2.75, 3.05) is 12.3 Å². The van der Waals surface area contributed by atoms with Crippen LogP contribution in [0.3, 0.4) is 0 Å². The first-order valence-electron chi connectivity index (χ1n) is 6.86. The molecule has 0 spiro atoms. The van der Waals surface area contributed by atoms with Gasteiger partial charge in [-0.2, -0.15) is 0 Å². The van der Waals surface area contributed by atoms with Crippen molar-refractivity contribution in [1.29, 1.82) is 0 Å². The zero-order valence-corrected chi connectivity index (χ0v) is 13.1. The molecule has 1 heterocycles. The van der Waals surface area contributed by atoms with Crippen molar-refractivity contribution in [3.8, 4) is 0 Å². The summed E-state index contributed by atoms with van der Waals surface area (Å²) in [7, 11) is 0. The van der Waals surface area contributed by atoms with E-state index in [0.29, 0.717) is 28.4 Å². The van der Waals surface area contributed by atoms with E-state index in [1.54, 1.807) is 6.07 Å². The number of anilines is 1. The minimum Gasteiger partial charge on any atom is -0.384 e. The van der Waals surface area contributed by atoms with Crippen molar-refractivity contribution in [3.63, 3.8) is 0 Å². The maximum absolute atomic E-state index is 11.9. The van der Waals surface area contributed by atoms with Crippen LogP contribution in [-0.2, 0) is 0 Å². The molecule has 0 radical (unpaired) electrons. The number of carbonyl (C=O) groups excluding carboxylic acids is 1. The van der Waals surface area contributed by atoms with Crippen molar-refractivity contribution < 1.29 is 4.79 Å². The zero-order chi connectivity index (χ0) is 15.7. The molecule has 1 fully saturated rings. The van der Waals surface area contributed by atoms with Crippen LogP contribution in [0, 0.1) is 5.92 Å². The molecule has 5 nitrogen and oxygen atoms in total. The van der Waals surface area contributed by atoms with E-state index in [4.69, 9.17) is 28.9 Å². The Morgan fingerprint density at radius 2 is 2.18 bits per heavy atom. The monoisotopic (exact) mass is 336 g/mol. The summed E-state index contributed by atoms with van der Waals surface area (Å²) >= 11 is 12.1. The fourth-order valence-corrected chi connectivity index (χ4v) is 2.99. The van der Waals surface area contributed by atoms with E-state index in [0.717, 1.165) is 12.0 Å². The van der Waals surface area contributed by atoms with Gasteiger partial charge in [0, 0.05) is 22.8 Å². The number of nitrogens with two attached hydrogens (primary N) is 1. The Labute approximate surface area is 137 Å². The highest BCUT2D eigenvalue weighted by Gasteiger charge is 2.39. The molecule has 0 bridgehead atoms. The van der Waals surface area contributed by atoms with E-state index in [1.165, 1.54) is 12.3 Å². The molecule has 1 aromatic carbocycles. The second-order valence-electron chi connectivity index (χ2n) is 5.28. The molecule has 2 atom stereocenters. The largest absolute Gasteiger partial charge is 0.384 e. The summed E-state index contributed by atoms with van der Waals surface area (Å²) in [5.74, 6) is 0.759. The van der Waals surface area contributed by atoms with Crippen LogP contribution < -0.4 is 11.1 Å². The van der Waals surface area contributed by atoms with Gasteiger partial charge in [0.2, 0.25) is 5.82 Å². The number of nitrogens with zero attached hydrogens (tertiary/aromatic N) is 2. The molecule has 22 heavy (non-hydrogen) atoms. The molecule has 1 aliphatic rings. The quantitative estimate of drug-likeness (QED) is 0.899. The van der Waals surface area contributed by atoms with E-state index in [2.05, 4.69) is 15.3 Å². The van der Waals surface area contributed by atoms with Crippen molar-refractivity contribution in [2.45, 2.75) is 12.3 Å². The van der Waals surface area contributed by atoms with Crippen molar-refractivity contribution in [2.24, 2.45) is 5.92 Å². The molecular weight excluding hydrogens is 323 g/mol. The molecule has 1 amide bonds. The Morgan fingerprint density at radius 1 is 1.36 bits per heavy atom. The molecule has 3 N–H and O–H groups in total. The summed E-state index contributed by atoms with van der Waals surface area (Å²) in [4.78, 5) is 19.7. The normalized spacial score (nSPS) is 19.7. The van der Waals surface area contributed by atoms with Gasteiger partial charge in [-0.25, -0.2) is 9.97 Å². The number of aromatic nitrogens is 2. The van der Waals surface area contributed by atoms with Gasteiger partial charge in [0.25, 0.3) is 5.91 Å². The number of nitrogens with one attached hydrogen (secondary N) is 1. The molecule has 1 aliphatic carbocycles. The average molecular weight is 337 g/mol. The molecule has 7 heteroatoms. The Morgan fingerprint density at radius 3 is 2.91 bits per heavy atom. The van der Waals surface area contributed by atoms with Crippen LogP contribution in [0.1, 0.15) is 28.5 Å². The summed E-state index contributed by atoms with van der Waals surface area (Å²) in [5, 5.41) is 4.13. The van der Waals surface area contributed by atoms with E-state index in [9.17, 15) is 4.79 Å². The summed E-state index contributed by atoms with van der Waals surface area (Å²) in [6.07, 6.45) is 2.45. The average Bonchev–Trinajstić information content (AvgIpc) is 3.24.